The van der Waals surface area contributed by atoms with Gasteiger partial charge >= 0.3 is 0 Å². The number of imidazole rings is 1. The van der Waals surface area contributed by atoms with Crippen molar-refractivity contribution in [1.82, 2.24) is 9.55 Å². The molecule has 17 heavy (non-hydrogen) atoms. The van der Waals surface area contributed by atoms with Crippen molar-refractivity contribution in [3.05, 3.63) is 46.8 Å². The summed E-state index contributed by atoms with van der Waals surface area (Å²) >= 11 is 0. The Kier molecular flexibility index (Phi) is 2.15. The molecule has 0 aliphatic carbocycles. The second kappa shape index (κ2) is 3.55. The molecule has 0 radical (unpaired) electrons. The summed E-state index contributed by atoms with van der Waals surface area (Å²) in [7, 11) is 0. The summed E-state index contributed by atoms with van der Waals surface area (Å²) in [6, 6.07) is 4.35. The Morgan fingerprint density at radius 3 is 2.88 bits per heavy atom. The first kappa shape index (κ1) is 10.3. The molecular weight excluding hydrogens is 210 g/mol. The van der Waals surface area contributed by atoms with Gasteiger partial charge in [0.2, 0.25) is 12.4 Å². The molecule has 3 rings (SSSR count). The normalized spacial score (nSPS) is 13.1. The number of rotatable bonds is 0. The van der Waals surface area contributed by atoms with Gasteiger partial charge in [-0.25, -0.2) is 4.98 Å². The van der Waals surface area contributed by atoms with E-state index in [1.165, 1.54) is 17.0 Å². The Balaban J connectivity index is 2.20. The van der Waals surface area contributed by atoms with E-state index in [4.69, 9.17) is 0 Å². The maximum Gasteiger partial charge on any atom is 0.229 e. The minimum atomic E-state index is 0.838. The fraction of sp³-hybridized carbons (Fsp3) is 0.286. The lowest BCUT2D eigenvalue weighted by Crippen LogP contribution is -2.40. The molecule has 0 spiro atoms. The molecule has 3 heterocycles. The number of aromatic nitrogens is 3. The van der Waals surface area contributed by atoms with Gasteiger partial charge in [-0.15, -0.1) is 0 Å². The van der Waals surface area contributed by atoms with Gasteiger partial charge < -0.3 is 0 Å². The minimum absolute atomic E-state index is 0.838. The third kappa shape index (κ3) is 1.58. The Morgan fingerprint density at radius 1 is 1.24 bits per heavy atom. The minimum Gasteiger partial charge on any atom is -0.271 e. The largest absolute Gasteiger partial charge is 0.271 e. The van der Waals surface area contributed by atoms with Gasteiger partial charge in [-0.2, -0.15) is 4.57 Å². The summed E-state index contributed by atoms with van der Waals surface area (Å²) < 4.78 is 4.49. The van der Waals surface area contributed by atoms with E-state index in [0.29, 0.717) is 0 Å². The van der Waals surface area contributed by atoms with Crippen LogP contribution in [0.1, 0.15) is 28.5 Å². The summed E-state index contributed by atoms with van der Waals surface area (Å²) in [6.45, 7) is 7.09. The third-order valence-corrected chi connectivity index (χ3v) is 3.31. The van der Waals surface area contributed by atoms with Crippen molar-refractivity contribution >= 4 is 12.2 Å². The molecule has 2 aromatic heterocycles. The van der Waals surface area contributed by atoms with E-state index in [9.17, 15) is 0 Å². The summed E-state index contributed by atoms with van der Waals surface area (Å²) in [5, 5.41) is 0. The van der Waals surface area contributed by atoms with E-state index in [1.807, 2.05) is 0 Å². The van der Waals surface area contributed by atoms with Gasteiger partial charge in [0.05, 0.1) is 11.4 Å². The molecule has 0 unspecified atom stereocenters. The van der Waals surface area contributed by atoms with E-state index in [-0.39, 0.29) is 0 Å². The molecule has 0 N–H and O–H groups in total. The molecule has 1 aliphatic heterocycles. The Bertz CT molecular complexity index is 621. The molecule has 0 saturated heterocycles. The van der Waals surface area contributed by atoms with Crippen LogP contribution in [0.4, 0.5) is 0 Å². The van der Waals surface area contributed by atoms with Crippen LogP contribution in [0.25, 0.3) is 12.2 Å². The number of aryl methyl sites for hydroxylation is 3. The van der Waals surface area contributed by atoms with Crippen LogP contribution in [0.3, 0.4) is 0 Å². The number of fused-ring (bicyclic) bond motifs is 2. The van der Waals surface area contributed by atoms with Crippen LogP contribution in [0.2, 0.25) is 0 Å². The van der Waals surface area contributed by atoms with Gasteiger partial charge in [0.15, 0.2) is 6.20 Å². The van der Waals surface area contributed by atoms with Crippen LogP contribution >= 0.6 is 0 Å². The van der Waals surface area contributed by atoms with Gasteiger partial charge in [-0.05, 0) is 32.4 Å². The molecule has 3 nitrogen and oxygen atoms in total. The van der Waals surface area contributed by atoms with Crippen molar-refractivity contribution in [1.29, 1.82) is 0 Å². The number of hydrogen-bond acceptors (Lipinski definition) is 1. The van der Waals surface area contributed by atoms with Gasteiger partial charge in [0.1, 0.15) is 5.82 Å². The van der Waals surface area contributed by atoms with E-state index >= 15 is 0 Å². The first-order chi connectivity index (χ1) is 8.15. The molecule has 0 fully saturated rings. The number of hydrogen-bond donors (Lipinski definition) is 0. The van der Waals surface area contributed by atoms with Crippen LogP contribution in [-0.4, -0.2) is 9.55 Å². The first-order valence-corrected chi connectivity index (χ1v) is 5.87. The number of pyridine rings is 1. The Labute approximate surface area is 101 Å². The van der Waals surface area contributed by atoms with E-state index < -0.39 is 0 Å². The predicted molar refractivity (Wildman–Crippen MR) is 67.4 cm³/mol. The van der Waals surface area contributed by atoms with E-state index in [0.717, 1.165) is 18.2 Å². The molecule has 3 heteroatoms. The molecule has 0 saturated carbocycles. The standard InChI is InChI=1S/C14H16N3/c1-10-6-7-16-9-17-12(3)15-11(2)14(17)5-4-13(16)8-10/h4-8H,9H2,1-3H3/q+1. The SMILES string of the molecule is Cc1cc[n+]2c(c1)C=Cc1c(C)nc(C)n1C2. The lowest BCUT2D eigenvalue weighted by molar-refractivity contribution is -0.703. The first-order valence-electron chi connectivity index (χ1n) is 5.87. The molecule has 0 atom stereocenters. The van der Waals surface area contributed by atoms with Crippen LogP contribution < -0.4 is 4.57 Å². The van der Waals surface area contributed by atoms with Crippen molar-refractivity contribution in [3.63, 3.8) is 0 Å². The maximum atomic E-state index is 4.52. The topological polar surface area (TPSA) is 21.7 Å². The van der Waals surface area contributed by atoms with Crippen molar-refractivity contribution in [3.8, 4) is 0 Å². The molecule has 1 aliphatic rings. The van der Waals surface area contributed by atoms with Crippen molar-refractivity contribution in [2.45, 2.75) is 27.4 Å². The highest BCUT2D eigenvalue weighted by Crippen LogP contribution is 2.16. The molecule has 0 bridgehead atoms. The van der Waals surface area contributed by atoms with Crippen LogP contribution in [0, 0.1) is 20.8 Å². The monoisotopic (exact) mass is 226 g/mol. The fourth-order valence-corrected chi connectivity index (χ4v) is 2.37. The van der Waals surface area contributed by atoms with Crippen LogP contribution in [-0.2, 0) is 6.67 Å². The predicted octanol–water partition coefficient (Wildman–Crippen LogP) is 2.09. The summed E-state index contributed by atoms with van der Waals surface area (Å²) in [5.41, 5.74) is 4.85. The Morgan fingerprint density at radius 2 is 2.06 bits per heavy atom. The lowest BCUT2D eigenvalue weighted by atomic mass is 10.2. The lowest BCUT2D eigenvalue weighted by Gasteiger charge is -2.04. The highest BCUT2D eigenvalue weighted by Gasteiger charge is 2.18. The zero-order chi connectivity index (χ0) is 12.0. The molecule has 86 valence electrons. The third-order valence-electron chi connectivity index (χ3n) is 3.31. The summed E-state index contributed by atoms with van der Waals surface area (Å²) in [4.78, 5) is 4.52. The fourth-order valence-electron chi connectivity index (χ4n) is 2.37. The molecule has 0 amide bonds. The average molecular weight is 226 g/mol. The maximum absolute atomic E-state index is 4.52. The molecular formula is C14H16N3+. The second-order valence-electron chi connectivity index (χ2n) is 4.63. The van der Waals surface area contributed by atoms with Crippen LogP contribution in [0.5, 0.6) is 0 Å². The van der Waals surface area contributed by atoms with E-state index in [1.54, 1.807) is 0 Å². The van der Waals surface area contributed by atoms with Crippen molar-refractivity contribution in [2.24, 2.45) is 0 Å². The molecule has 0 aromatic carbocycles. The van der Waals surface area contributed by atoms with E-state index in [2.05, 4.69) is 65.4 Å². The zero-order valence-electron chi connectivity index (χ0n) is 10.4. The molecule has 2 aromatic rings. The number of nitrogens with zero attached hydrogens (tertiary/aromatic N) is 3. The smallest absolute Gasteiger partial charge is 0.229 e. The average Bonchev–Trinajstić information content (AvgIpc) is 2.49. The van der Waals surface area contributed by atoms with Gasteiger partial charge in [-0.1, -0.05) is 0 Å². The van der Waals surface area contributed by atoms with Gasteiger partial charge in [0, 0.05) is 18.2 Å². The van der Waals surface area contributed by atoms with Gasteiger partial charge in [-0.3, -0.25) is 4.57 Å². The Hall–Kier alpha value is -1.90. The zero-order valence-corrected chi connectivity index (χ0v) is 10.4. The second-order valence-corrected chi connectivity index (χ2v) is 4.63. The quantitative estimate of drug-likeness (QED) is 0.538. The summed E-state index contributed by atoms with van der Waals surface area (Å²) in [5.74, 6) is 1.07. The van der Waals surface area contributed by atoms with Crippen molar-refractivity contribution in [2.75, 3.05) is 0 Å². The highest BCUT2D eigenvalue weighted by atomic mass is 15.2. The van der Waals surface area contributed by atoms with Crippen molar-refractivity contribution < 1.29 is 4.57 Å². The highest BCUT2D eigenvalue weighted by molar-refractivity contribution is 5.67. The summed E-state index contributed by atoms with van der Waals surface area (Å²) in [6.07, 6.45) is 6.46. The van der Waals surface area contributed by atoms with Gasteiger partial charge in [0.25, 0.3) is 0 Å². The van der Waals surface area contributed by atoms with Crippen LogP contribution in [0.15, 0.2) is 18.3 Å².